The molecule has 0 aromatic carbocycles. The molecule has 0 amide bonds. The molecule has 0 aliphatic rings. The largest absolute Gasteiger partial charge is 0.387 e. The van der Waals surface area contributed by atoms with E-state index in [-0.39, 0.29) is 6.10 Å². The Balaban J connectivity index is 2.58. The minimum Gasteiger partial charge on any atom is -0.387 e. The van der Waals surface area contributed by atoms with Crippen LogP contribution >= 0.6 is 27.3 Å². The molecule has 0 aliphatic carbocycles. The van der Waals surface area contributed by atoms with Crippen LogP contribution in [0.3, 0.4) is 0 Å². The number of aliphatic hydroxyl groups is 1. The molecular weight excluding hydrogens is 252 g/mol. The van der Waals surface area contributed by atoms with Gasteiger partial charge in [-0.2, -0.15) is 0 Å². The number of ether oxygens (including phenoxy) is 1. The van der Waals surface area contributed by atoms with E-state index in [0.717, 1.165) is 9.35 Å². The van der Waals surface area contributed by atoms with E-state index in [2.05, 4.69) is 15.9 Å². The highest BCUT2D eigenvalue weighted by molar-refractivity contribution is 9.10. The van der Waals surface area contributed by atoms with Crippen molar-refractivity contribution >= 4 is 27.3 Å². The Kier molecular flexibility index (Phi) is 4.38. The van der Waals surface area contributed by atoms with Crippen molar-refractivity contribution in [2.45, 2.75) is 25.6 Å². The summed E-state index contributed by atoms with van der Waals surface area (Å²) >= 11 is 4.95. The Morgan fingerprint density at radius 1 is 1.69 bits per heavy atom. The fraction of sp³-hybridized carbons (Fsp3) is 0.556. The molecule has 74 valence electrons. The first-order chi connectivity index (χ1) is 6.15. The molecule has 0 bridgehead atoms. The van der Waals surface area contributed by atoms with Gasteiger partial charge in [0.15, 0.2) is 0 Å². The normalized spacial score (nSPS) is 15.7. The Bertz CT molecular complexity index is 262. The molecule has 0 saturated heterocycles. The van der Waals surface area contributed by atoms with Gasteiger partial charge in [0.05, 0.1) is 12.2 Å². The van der Waals surface area contributed by atoms with Crippen LogP contribution in [0.5, 0.6) is 0 Å². The number of methoxy groups -OCH3 is 1. The van der Waals surface area contributed by atoms with Gasteiger partial charge in [0.1, 0.15) is 0 Å². The van der Waals surface area contributed by atoms with Gasteiger partial charge in [0.25, 0.3) is 0 Å². The third-order valence-electron chi connectivity index (χ3n) is 1.90. The maximum Gasteiger partial charge on any atom is 0.0917 e. The Morgan fingerprint density at radius 2 is 2.38 bits per heavy atom. The topological polar surface area (TPSA) is 29.5 Å². The van der Waals surface area contributed by atoms with Crippen LogP contribution in [0, 0.1) is 0 Å². The van der Waals surface area contributed by atoms with E-state index in [4.69, 9.17) is 4.74 Å². The van der Waals surface area contributed by atoms with Gasteiger partial charge in [0, 0.05) is 22.9 Å². The summed E-state index contributed by atoms with van der Waals surface area (Å²) in [4.78, 5) is 0.976. The van der Waals surface area contributed by atoms with E-state index in [1.165, 1.54) is 0 Å². The molecule has 13 heavy (non-hydrogen) atoms. The highest BCUT2D eigenvalue weighted by Gasteiger charge is 2.15. The molecule has 1 aromatic heterocycles. The standard InChI is InChI=1S/C9H13BrO2S/c1-6(12-2)5-8(11)9-7(10)3-4-13-9/h3-4,6,8,11H,5H2,1-2H3. The number of halogens is 1. The lowest BCUT2D eigenvalue weighted by Gasteiger charge is -2.14. The van der Waals surface area contributed by atoms with Gasteiger partial charge in [-0.25, -0.2) is 0 Å². The van der Waals surface area contributed by atoms with Crippen LogP contribution in [0.1, 0.15) is 24.3 Å². The van der Waals surface area contributed by atoms with Crippen LogP contribution in [0.25, 0.3) is 0 Å². The lowest BCUT2D eigenvalue weighted by atomic mass is 10.1. The van der Waals surface area contributed by atoms with E-state index >= 15 is 0 Å². The molecule has 0 fully saturated rings. The van der Waals surface area contributed by atoms with Crippen molar-refractivity contribution in [2.75, 3.05) is 7.11 Å². The molecule has 2 nitrogen and oxygen atoms in total. The monoisotopic (exact) mass is 264 g/mol. The summed E-state index contributed by atoms with van der Waals surface area (Å²) in [6.45, 7) is 1.95. The molecule has 0 spiro atoms. The molecule has 1 N–H and O–H groups in total. The van der Waals surface area contributed by atoms with Crippen molar-refractivity contribution in [2.24, 2.45) is 0 Å². The summed E-state index contributed by atoms with van der Waals surface area (Å²) in [6.07, 6.45) is 0.295. The third kappa shape index (κ3) is 3.06. The van der Waals surface area contributed by atoms with Gasteiger partial charge in [-0.05, 0) is 34.3 Å². The van der Waals surface area contributed by atoms with Crippen molar-refractivity contribution in [1.82, 2.24) is 0 Å². The number of hydrogen-bond donors (Lipinski definition) is 1. The molecule has 0 aliphatic heterocycles. The summed E-state index contributed by atoms with van der Waals surface area (Å²) in [5, 5.41) is 11.8. The van der Waals surface area contributed by atoms with Gasteiger partial charge >= 0.3 is 0 Å². The second kappa shape index (κ2) is 5.10. The first-order valence-electron chi connectivity index (χ1n) is 4.09. The summed E-state index contributed by atoms with van der Waals surface area (Å²) < 4.78 is 6.07. The van der Waals surface area contributed by atoms with Crippen molar-refractivity contribution in [3.05, 3.63) is 20.8 Å². The van der Waals surface area contributed by atoms with Gasteiger partial charge in [-0.15, -0.1) is 11.3 Å². The summed E-state index contributed by atoms with van der Waals surface area (Å²) in [7, 11) is 1.65. The quantitative estimate of drug-likeness (QED) is 0.906. The lowest BCUT2D eigenvalue weighted by molar-refractivity contribution is 0.0571. The predicted octanol–water partition coefficient (Wildman–Crippen LogP) is 2.97. The number of aliphatic hydroxyl groups excluding tert-OH is 1. The fourth-order valence-corrected chi connectivity index (χ4v) is 2.70. The second-order valence-corrected chi connectivity index (χ2v) is 4.73. The van der Waals surface area contributed by atoms with E-state index in [9.17, 15) is 5.11 Å². The van der Waals surface area contributed by atoms with Crippen LogP contribution in [-0.4, -0.2) is 18.3 Å². The summed E-state index contributed by atoms with van der Waals surface area (Å²) in [6, 6.07) is 1.95. The smallest absolute Gasteiger partial charge is 0.0917 e. The zero-order chi connectivity index (χ0) is 9.84. The van der Waals surface area contributed by atoms with Gasteiger partial charge in [0.2, 0.25) is 0 Å². The van der Waals surface area contributed by atoms with E-state index in [1.54, 1.807) is 18.4 Å². The molecule has 1 rings (SSSR count). The van der Waals surface area contributed by atoms with Crippen molar-refractivity contribution in [3.8, 4) is 0 Å². The van der Waals surface area contributed by atoms with E-state index < -0.39 is 6.10 Å². The Morgan fingerprint density at radius 3 is 2.85 bits per heavy atom. The van der Waals surface area contributed by atoms with Gasteiger partial charge in [-0.1, -0.05) is 0 Å². The minimum atomic E-state index is -0.427. The Hall–Kier alpha value is 0.100. The van der Waals surface area contributed by atoms with Crippen LogP contribution in [-0.2, 0) is 4.74 Å². The van der Waals surface area contributed by atoms with E-state index in [1.807, 2.05) is 18.4 Å². The molecule has 0 saturated carbocycles. The molecular formula is C9H13BrO2S. The second-order valence-electron chi connectivity index (χ2n) is 2.93. The van der Waals surface area contributed by atoms with Crippen molar-refractivity contribution < 1.29 is 9.84 Å². The van der Waals surface area contributed by atoms with Gasteiger partial charge in [-0.3, -0.25) is 0 Å². The van der Waals surface area contributed by atoms with Crippen LogP contribution in [0.2, 0.25) is 0 Å². The number of hydrogen-bond acceptors (Lipinski definition) is 3. The molecule has 0 radical (unpaired) electrons. The summed E-state index contributed by atoms with van der Waals surface area (Å²) in [5.41, 5.74) is 0. The minimum absolute atomic E-state index is 0.0870. The Labute approximate surface area is 90.7 Å². The summed E-state index contributed by atoms with van der Waals surface area (Å²) in [5.74, 6) is 0. The molecule has 1 aromatic rings. The SMILES string of the molecule is COC(C)CC(O)c1sccc1Br. The molecule has 2 unspecified atom stereocenters. The van der Waals surface area contributed by atoms with Crippen LogP contribution < -0.4 is 0 Å². The first kappa shape index (κ1) is 11.2. The van der Waals surface area contributed by atoms with Crippen LogP contribution in [0.4, 0.5) is 0 Å². The molecule has 2 atom stereocenters. The van der Waals surface area contributed by atoms with E-state index in [0.29, 0.717) is 6.42 Å². The highest BCUT2D eigenvalue weighted by atomic mass is 79.9. The number of thiophene rings is 1. The zero-order valence-corrected chi connectivity index (χ0v) is 10.1. The number of rotatable bonds is 4. The molecule has 4 heteroatoms. The maximum absolute atomic E-state index is 9.79. The van der Waals surface area contributed by atoms with Crippen molar-refractivity contribution in [1.29, 1.82) is 0 Å². The molecule has 1 heterocycles. The predicted molar refractivity (Wildman–Crippen MR) is 58.1 cm³/mol. The highest BCUT2D eigenvalue weighted by Crippen LogP contribution is 2.31. The van der Waals surface area contributed by atoms with Crippen molar-refractivity contribution in [3.63, 3.8) is 0 Å². The third-order valence-corrected chi connectivity index (χ3v) is 3.88. The maximum atomic E-state index is 9.79. The lowest BCUT2D eigenvalue weighted by Crippen LogP contribution is -2.10. The first-order valence-corrected chi connectivity index (χ1v) is 5.76. The zero-order valence-electron chi connectivity index (χ0n) is 7.66. The fourth-order valence-electron chi connectivity index (χ4n) is 1.06. The van der Waals surface area contributed by atoms with Gasteiger partial charge < -0.3 is 9.84 Å². The van der Waals surface area contributed by atoms with Crippen LogP contribution in [0.15, 0.2) is 15.9 Å². The average Bonchev–Trinajstić information content (AvgIpc) is 2.51. The average molecular weight is 265 g/mol.